The SMILES string of the molecule is C=C[C@H](Oc1nc(/C(N)=C2\CCC[C@@]3(CCCc4sc(N)c(N)c43)C2=O)nc2c1COC[C@]21CCOC1)[C@@H](C)CCCNC. The lowest BCUT2D eigenvalue weighted by Gasteiger charge is -2.40. The molecule has 1 saturated heterocycles. The van der Waals surface area contributed by atoms with Crippen LogP contribution >= 0.6 is 11.3 Å². The van der Waals surface area contributed by atoms with Crippen LogP contribution in [0.3, 0.4) is 0 Å². The van der Waals surface area contributed by atoms with E-state index in [-0.39, 0.29) is 17.8 Å². The van der Waals surface area contributed by atoms with Crippen LogP contribution in [0.1, 0.15) is 85.8 Å². The summed E-state index contributed by atoms with van der Waals surface area (Å²) in [7, 11) is 1.96. The number of allylic oxidation sites excluding steroid dienone is 1. The van der Waals surface area contributed by atoms with E-state index in [1.165, 1.54) is 11.3 Å². The maximum Gasteiger partial charge on any atom is 0.223 e. The van der Waals surface area contributed by atoms with Gasteiger partial charge in [0.15, 0.2) is 11.6 Å². The number of nitrogens with zero attached hydrogens (tertiary/aromatic N) is 2. The van der Waals surface area contributed by atoms with E-state index >= 15 is 0 Å². The fraction of sp³-hybridized carbons (Fsp3) is 0.606. The van der Waals surface area contributed by atoms with Crippen molar-refractivity contribution in [1.29, 1.82) is 0 Å². The molecule has 0 amide bonds. The second kappa shape index (κ2) is 12.4. The number of fused-ring (bicyclic) bond motifs is 4. The molecule has 11 heteroatoms. The number of hydrogen-bond acceptors (Lipinski definition) is 11. The van der Waals surface area contributed by atoms with E-state index in [0.717, 1.165) is 79.6 Å². The molecule has 4 aliphatic rings. The molecular formula is C33H46N6O4S. The summed E-state index contributed by atoms with van der Waals surface area (Å²) in [5.41, 5.74) is 22.7. The Labute approximate surface area is 263 Å². The predicted molar refractivity (Wildman–Crippen MR) is 173 cm³/mol. The molecule has 4 atom stereocenters. The highest BCUT2D eigenvalue weighted by Crippen LogP contribution is 2.53. The summed E-state index contributed by atoms with van der Waals surface area (Å²) < 4.78 is 18.6. The minimum atomic E-state index is -0.706. The number of aryl methyl sites for hydroxylation is 1. The number of thiophene rings is 1. The number of nitrogen functional groups attached to an aromatic ring is 2. The zero-order valence-corrected chi connectivity index (χ0v) is 26.8. The first-order valence-electron chi connectivity index (χ1n) is 16.0. The van der Waals surface area contributed by atoms with Crippen molar-refractivity contribution in [2.75, 3.05) is 44.9 Å². The van der Waals surface area contributed by atoms with Gasteiger partial charge in [0.05, 0.1) is 53.3 Å². The summed E-state index contributed by atoms with van der Waals surface area (Å²) in [5.74, 6) is 1.01. The minimum Gasteiger partial charge on any atom is -0.469 e. The zero-order chi connectivity index (χ0) is 31.1. The van der Waals surface area contributed by atoms with Gasteiger partial charge in [-0.25, -0.2) is 4.98 Å². The monoisotopic (exact) mass is 622 g/mol. The molecule has 2 aromatic rings. The lowest BCUT2D eigenvalue weighted by molar-refractivity contribution is -0.122. The third kappa shape index (κ3) is 5.21. The summed E-state index contributed by atoms with van der Waals surface area (Å²) in [6.45, 7) is 9.14. The number of rotatable bonds is 9. The van der Waals surface area contributed by atoms with Crippen LogP contribution in [0.5, 0.6) is 5.88 Å². The molecule has 44 heavy (non-hydrogen) atoms. The van der Waals surface area contributed by atoms with Crippen LogP contribution < -0.4 is 27.3 Å². The van der Waals surface area contributed by atoms with Crippen LogP contribution in [0.2, 0.25) is 0 Å². The Balaban J connectivity index is 1.43. The molecule has 2 aromatic heterocycles. The van der Waals surface area contributed by atoms with E-state index in [2.05, 4.69) is 18.8 Å². The minimum absolute atomic E-state index is 0.0276. The van der Waals surface area contributed by atoms with Crippen LogP contribution in [-0.4, -0.2) is 55.3 Å². The van der Waals surface area contributed by atoms with E-state index in [1.807, 2.05) is 13.1 Å². The number of hydrogen-bond donors (Lipinski definition) is 4. The smallest absolute Gasteiger partial charge is 0.223 e. The van der Waals surface area contributed by atoms with Gasteiger partial charge >= 0.3 is 0 Å². The molecule has 1 saturated carbocycles. The highest BCUT2D eigenvalue weighted by molar-refractivity contribution is 7.16. The first kappa shape index (κ1) is 31.0. The fourth-order valence-corrected chi connectivity index (χ4v) is 8.84. The number of ketones is 1. The molecule has 2 fully saturated rings. The average Bonchev–Trinajstić information content (AvgIpc) is 3.61. The van der Waals surface area contributed by atoms with Crippen molar-refractivity contribution in [3.05, 3.63) is 45.8 Å². The quantitative estimate of drug-likeness (QED) is 0.182. The van der Waals surface area contributed by atoms with Crippen LogP contribution in [0.15, 0.2) is 18.2 Å². The molecule has 7 N–H and O–H groups in total. The molecule has 0 unspecified atom stereocenters. The van der Waals surface area contributed by atoms with Gasteiger partial charge in [-0.2, -0.15) is 4.98 Å². The third-order valence-corrected chi connectivity index (χ3v) is 11.3. The fourth-order valence-electron chi connectivity index (χ4n) is 7.71. The van der Waals surface area contributed by atoms with Gasteiger partial charge in [0.1, 0.15) is 11.1 Å². The zero-order valence-electron chi connectivity index (χ0n) is 26.0. The number of carbonyl (C=O) groups excluding carboxylic acids is 1. The number of nitrogens with one attached hydrogen (secondary N) is 1. The van der Waals surface area contributed by atoms with Gasteiger partial charge in [-0.3, -0.25) is 4.79 Å². The molecule has 0 bridgehead atoms. The van der Waals surface area contributed by atoms with E-state index < -0.39 is 10.8 Å². The molecule has 6 rings (SSSR count). The van der Waals surface area contributed by atoms with Gasteiger partial charge in [0.25, 0.3) is 0 Å². The van der Waals surface area contributed by atoms with Crippen LogP contribution in [0.25, 0.3) is 5.70 Å². The molecule has 2 aliphatic carbocycles. The molecule has 4 heterocycles. The third-order valence-electron chi connectivity index (χ3n) is 10.2. The number of anilines is 2. The number of aromatic nitrogens is 2. The van der Waals surface area contributed by atoms with Crippen LogP contribution in [0, 0.1) is 5.92 Å². The number of nitrogens with two attached hydrogens (primary N) is 3. The Morgan fingerprint density at radius 2 is 1.95 bits per heavy atom. The molecule has 0 aromatic carbocycles. The van der Waals surface area contributed by atoms with Crippen molar-refractivity contribution in [1.82, 2.24) is 15.3 Å². The lowest BCUT2D eigenvalue weighted by atomic mass is 9.61. The molecule has 0 radical (unpaired) electrons. The van der Waals surface area contributed by atoms with Crippen molar-refractivity contribution in [3.8, 4) is 5.88 Å². The highest BCUT2D eigenvalue weighted by atomic mass is 32.1. The van der Waals surface area contributed by atoms with Crippen molar-refractivity contribution < 1.29 is 19.0 Å². The summed E-state index contributed by atoms with van der Waals surface area (Å²) in [4.78, 5) is 25.7. The van der Waals surface area contributed by atoms with Gasteiger partial charge in [-0.05, 0) is 77.3 Å². The van der Waals surface area contributed by atoms with E-state index in [9.17, 15) is 4.79 Å². The Morgan fingerprint density at radius 3 is 2.68 bits per heavy atom. The molecule has 10 nitrogen and oxygen atoms in total. The van der Waals surface area contributed by atoms with Crippen molar-refractivity contribution >= 4 is 33.5 Å². The highest BCUT2D eigenvalue weighted by Gasteiger charge is 2.50. The summed E-state index contributed by atoms with van der Waals surface area (Å²) in [6, 6.07) is 0. The van der Waals surface area contributed by atoms with Crippen molar-refractivity contribution in [3.63, 3.8) is 0 Å². The summed E-state index contributed by atoms with van der Waals surface area (Å²) in [6.07, 6.45) is 8.99. The maximum atomic E-state index is 14.5. The summed E-state index contributed by atoms with van der Waals surface area (Å²) >= 11 is 1.51. The van der Waals surface area contributed by atoms with E-state index in [0.29, 0.717) is 66.5 Å². The van der Waals surface area contributed by atoms with Crippen LogP contribution in [0.4, 0.5) is 10.7 Å². The number of ether oxygens (including phenoxy) is 3. The van der Waals surface area contributed by atoms with Gasteiger partial charge in [-0.1, -0.05) is 19.6 Å². The maximum absolute atomic E-state index is 14.5. The second-order valence-electron chi connectivity index (χ2n) is 13.0. The van der Waals surface area contributed by atoms with Crippen LogP contribution in [-0.2, 0) is 38.1 Å². The standard InChI is InChI=1S/C33H46N6O4S/c1-4-22(19(2)8-7-14-37-3)43-31-21-16-42-18-32(13-15-41-17-32)27(21)38-30(39-31)25(34)20-9-5-11-33(28(20)40)12-6-10-23-24(33)26(35)29(36)44-23/h4,19,22,37H,1,5-18,34-36H2,2-3H3/b25-20-/t19-,22-,32+,33-/m0/s1. The lowest BCUT2D eigenvalue weighted by Crippen LogP contribution is -2.43. The molecule has 2 aliphatic heterocycles. The van der Waals surface area contributed by atoms with Gasteiger partial charge in [-0.15, -0.1) is 11.3 Å². The van der Waals surface area contributed by atoms with Gasteiger partial charge in [0, 0.05) is 22.6 Å². The first-order chi connectivity index (χ1) is 21.2. The van der Waals surface area contributed by atoms with Crippen molar-refractivity contribution in [2.24, 2.45) is 11.7 Å². The van der Waals surface area contributed by atoms with E-state index in [4.69, 9.17) is 41.4 Å². The molecule has 2 spiro atoms. The summed E-state index contributed by atoms with van der Waals surface area (Å²) in [5, 5.41) is 3.80. The Morgan fingerprint density at radius 1 is 1.18 bits per heavy atom. The second-order valence-corrected chi connectivity index (χ2v) is 14.1. The molecular weight excluding hydrogens is 576 g/mol. The normalized spacial score (nSPS) is 27.2. The number of carbonyl (C=O) groups is 1. The largest absolute Gasteiger partial charge is 0.469 e. The van der Waals surface area contributed by atoms with Gasteiger partial charge < -0.3 is 36.7 Å². The number of Topliss-reactive ketones (excluding diaryl/α,β-unsaturated/α-hetero) is 1. The van der Waals surface area contributed by atoms with E-state index in [1.54, 1.807) is 0 Å². The Bertz CT molecular complexity index is 1460. The topological polar surface area (TPSA) is 161 Å². The molecule has 238 valence electrons. The Hall–Kier alpha value is -2.99. The average molecular weight is 623 g/mol. The Kier molecular flexibility index (Phi) is 8.76. The predicted octanol–water partition coefficient (Wildman–Crippen LogP) is 4.16. The first-order valence-corrected chi connectivity index (χ1v) is 16.8. The van der Waals surface area contributed by atoms with Crippen molar-refractivity contribution in [2.45, 2.75) is 88.3 Å². The van der Waals surface area contributed by atoms with Gasteiger partial charge in [0.2, 0.25) is 5.88 Å².